The van der Waals surface area contributed by atoms with Crippen molar-refractivity contribution in [3.05, 3.63) is 23.8 Å². The molecule has 1 saturated carbocycles. The quantitative estimate of drug-likeness (QED) is 0.560. The van der Waals surface area contributed by atoms with Crippen molar-refractivity contribution in [1.29, 1.82) is 0 Å². The summed E-state index contributed by atoms with van der Waals surface area (Å²) in [5.41, 5.74) is 2.06. The van der Waals surface area contributed by atoms with Gasteiger partial charge in [-0.15, -0.1) is 0 Å². The molecule has 0 heterocycles. The molecule has 0 saturated heterocycles. The molecule has 0 nitrogen and oxygen atoms in total. The first-order valence-corrected chi connectivity index (χ1v) is 5.41. The van der Waals surface area contributed by atoms with Crippen LogP contribution in [0.2, 0.25) is 0 Å². The van der Waals surface area contributed by atoms with Gasteiger partial charge in [0.15, 0.2) is 0 Å². The SMILES string of the molecule is CC=CC=C1C(C)CCCC1(C)C. The highest BCUT2D eigenvalue weighted by atomic mass is 14.3. The number of hydrogen-bond donors (Lipinski definition) is 0. The normalized spacial score (nSPS) is 31.4. The lowest BCUT2D eigenvalue weighted by molar-refractivity contribution is 0.290. The Bertz CT molecular complexity index is 218. The molecule has 1 rings (SSSR count). The van der Waals surface area contributed by atoms with Crippen molar-refractivity contribution >= 4 is 0 Å². The van der Waals surface area contributed by atoms with Crippen molar-refractivity contribution in [1.82, 2.24) is 0 Å². The molecule has 0 aromatic rings. The smallest absolute Gasteiger partial charge is 0.0139 e. The number of hydrogen-bond acceptors (Lipinski definition) is 0. The van der Waals surface area contributed by atoms with Gasteiger partial charge in [0.05, 0.1) is 0 Å². The van der Waals surface area contributed by atoms with E-state index in [1.54, 1.807) is 5.57 Å². The highest BCUT2D eigenvalue weighted by molar-refractivity contribution is 5.22. The fourth-order valence-electron chi connectivity index (χ4n) is 2.41. The van der Waals surface area contributed by atoms with Crippen LogP contribution in [0.1, 0.15) is 47.0 Å². The molecule has 0 aromatic heterocycles. The summed E-state index contributed by atoms with van der Waals surface area (Å²) in [5, 5.41) is 0. The predicted octanol–water partition coefficient (Wildman–Crippen LogP) is 4.34. The van der Waals surface area contributed by atoms with Gasteiger partial charge in [-0.1, -0.05) is 51.0 Å². The molecule has 13 heavy (non-hydrogen) atoms. The number of allylic oxidation sites excluding steroid dienone is 4. The van der Waals surface area contributed by atoms with Crippen LogP contribution >= 0.6 is 0 Å². The van der Waals surface area contributed by atoms with Gasteiger partial charge in [0, 0.05) is 0 Å². The lowest BCUT2D eigenvalue weighted by Crippen LogP contribution is -2.24. The second kappa shape index (κ2) is 4.13. The van der Waals surface area contributed by atoms with Gasteiger partial charge in [0.2, 0.25) is 0 Å². The molecule has 1 aliphatic carbocycles. The largest absolute Gasteiger partial charge is 0.0877 e. The van der Waals surface area contributed by atoms with Gasteiger partial charge in [0.25, 0.3) is 0 Å². The monoisotopic (exact) mass is 178 g/mol. The van der Waals surface area contributed by atoms with Crippen LogP contribution in [0, 0.1) is 11.3 Å². The molecule has 0 amide bonds. The minimum absolute atomic E-state index is 0.428. The van der Waals surface area contributed by atoms with Gasteiger partial charge >= 0.3 is 0 Å². The molecule has 74 valence electrons. The van der Waals surface area contributed by atoms with Gasteiger partial charge in [-0.25, -0.2) is 0 Å². The zero-order chi connectivity index (χ0) is 9.90. The van der Waals surface area contributed by atoms with Crippen molar-refractivity contribution in [3.8, 4) is 0 Å². The van der Waals surface area contributed by atoms with Gasteiger partial charge < -0.3 is 0 Å². The zero-order valence-corrected chi connectivity index (χ0v) is 9.43. The molecule has 0 bridgehead atoms. The second-order valence-electron chi connectivity index (χ2n) is 4.82. The van der Waals surface area contributed by atoms with Crippen LogP contribution in [0.3, 0.4) is 0 Å². The molecule has 0 heteroatoms. The molecule has 0 N–H and O–H groups in total. The maximum absolute atomic E-state index is 2.37. The van der Waals surface area contributed by atoms with E-state index < -0.39 is 0 Å². The molecular formula is C13H22. The van der Waals surface area contributed by atoms with E-state index in [2.05, 4.69) is 45.9 Å². The van der Waals surface area contributed by atoms with E-state index in [1.807, 2.05) is 0 Å². The topological polar surface area (TPSA) is 0 Å². The first kappa shape index (κ1) is 10.6. The Kier molecular flexibility index (Phi) is 3.35. The van der Waals surface area contributed by atoms with Crippen molar-refractivity contribution in [2.24, 2.45) is 11.3 Å². The van der Waals surface area contributed by atoms with Crippen LogP contribution in [-0.2, 0) is 0 Å². The summed E-state index contributed by atoms with van der Waals surface area (Å²) in [6, 6.07) is 0. The highest BCUT2D eigenvalue weighted by Gasteiger charge is 2.30. The molecule has 1 unspecified atom stereocenters. The van der Waals surface area contributed by atoms with E-state index in [9.17, 15) is 0 Å². The number of rotatable bonds is 1. The molecular weight excluding hydrogens is 156 g/mol. The molecule has 0 radical (unpaired) electrons. The van der Waals surface area contributed by atoms with E-state index in [0.29, 0.717) is 5.41 Å². The summed E-state index contributed by atoms with van der Waals surface area (Å²) < 4.78 is 0. The summed E-state index contributed by atoms with van der Waals surface area (Å²) in [4.78, 5) is 0. The minimum atomic E-state index is 0.428. The minimum Gasteiger partial charge on any atom is -0.0877 e. The standard InChI is InChI=1S/C13H22/c1-5-6-9-12-11(2)8-7-10-13(12,3)4/h5-6,9,11H,7-8,10H2,1-4H3. The van der Waals surface area contributed by atoms with Gasteiger partial charge in [0.1, 0.15) is 0 Å². The lowest BCUT2D eigenvalue weighted by Gasteiger charge is -2.37. The second-order valence-corrected chi connectivity index (χ2v) is 4.82. The lowest BCUT2D eigenvalue weighted by atomic mass is 9.68. The third-order valence-corrected chi connectivity index (χ3v) is 3.22. The first-order chi connectivity index (χ1) is 6.08. The van der Waals surface area contributed by atoms with Crippen molar-refractivity contribution in [2.75, 3.05) is 0 Å². The summed E-state index contributed by atoms with van der Waals surface area (Å²) in [5.74, 6) is 0.778. The van der Waals surface area contributed by atoms with Crippen molar-refractivity contribution < 1.29 is 0 Å². The summed E-state index contributed by atoms with van der Waals surface area (Å²) >= 11 is 0. The average molecular weight is 178 g/mol. The Labute approximate surface area is 82.7 Å². The third-order valence-electron chi connectivity index (χ3n) is 3.22. The molecule has 0 spiro atoms. The van der Waals surface area contributed by atoms with E-state index in [0.717, 1.165) is 5.92 Å². The first-order valence-electron chi connectivity index (χ1n) is 5.41. The Hall–Kier alpha value is -0.520. The summed E-state index contributed by atoms with van der Waals surface area (Å²) in [6.07, 6.45) is 10.7. The molecule has 1 fully saturated rings. The third kappa shape index (κ3) is 2.46. The average Bonchev–Trinajstić information content (AvgIpc) is 2.02. The van der Waals surface area contributed by atoms with E-state index in [-0.39, 0.29) is 0 Å². The highest BCUT2D eigenvalue weighted by Crippen LogP contribution is 2.43. The van der Waals surface area contributed by atoms with Gasteiger partial charge in [-0.05, 0) is 31.1 Å². The van der Waals surface area contributed by atoms with Crippen molar-refractivity contribution in [3.63, 3.8) is 0 Å². The zero-order valence-electron chi connectivity index (χ0n) is 9.43. The van der Waals surface area contributed by atoms with E-state index in [1.165, 1.54) is 19.3 Å². The maximum Gasteiger partial charge on any atom is -0.0139 e. The van der Waals surface area contributed by atoms with Gasteiger partial charge in [-0.3, -0.25) is 0 Å². The van der Waals surface area contributed by atoms with Crippen LogP contribution in [-0.4, -0.2) is 0 Å². The Morgan fingerprint density at radius 2 is 2.08 bits per heavy atom. The van der Waals surface area contributed by atoms with Crippen LogP contribution in [0.25, 0.3) is 0 Å². The summed E-state index contributed by atoms with van der Waals surface area (Å²) in [7, 11) is 0. The molecule has 1 atom stereocenters. The Morgan fingerprint density at radius 3 is 2.62 bits per heavy atom. The predicted molar refractivity (Wildman–Crippen MR) is 59.7 cm³/mol. The molecule has 1 aliphatic rings. The van der Waals surface area contributed by atoms with Crippen LogP contribution in [0.4, 0.5) is 0 Å². The van der Waals surface area contributed by atoms with Gasteiger partial charge in [-0.2, -0.15) is 0 Å². The van der Waals surface area contributed by atoms with Crippen LogP contribution < -0.4 is 0 Å². The van der Waals surface area contributed by atoms with Crippen LogP contribution in [0.5, 0.6) is 0 Å². The Morgan fingerprint density at radius 1 is 1.38 bits per heavy atom. The maximum atomic E-state index is 2.37. The van der Waals surface area contributed by atoms with Crippen molar-refractivity contribution in [2.45, 2.75) is 47.0 Å². The van der Waals surface area contributed by atoms with E-state index in [4.69, 9.17) is 0 Å². The summed E-state index contributed by atoms with van der Waals surface area (Å²) in [6.45, 7) is 9.18. The molecule has 0 aromatic carbocycles. The fourth-order valence-corrected chi connectivity index (χ4v) is 2.41. The fraction of sp³-hybridized carbons (Fsp3) is 0.692. The Balaban J connectivity index is 2.86. The van der Waals surface area contributed by atoms with Crippen LogP contribution in [0.15, 0.2) is 23.8 Å². The van der Waals surface area contributed by atoms with E-state index >= 15 is 0 Å². The molecule has 0 aliphatic heterocycles.